The monoisotopic (exact) mass is 440 g/mol. The van der Waals surface area contributed by atoms with E-state index in [0.717, 1.165) is 22.3 Å². The molecule has 2 amide bonds. The molecular formula is C22H20N2O4S2. The molecule has 1 heterocycles. The maximum atomic E-state index is 12.8. The number of nitrogens with zero attached hydrogens (tertiary/aromatic N) is 1. The fraction of sp³-hybridized carbons (Fsp3) is 0.136. The van der Waals surface area contributed by atoms with Gasteiger partial charge in [0.2, 0.25) is 0 Å². The smallest absolute Gasteiger partial charge is 0.285 e. The van der Waals surface area contributed by atoms with Gasteiger partial charge in [-0.3, -0.25) is 15.0 Å². The standard InChI is InChI=1S/C22H20N2O4S2/c1-3-12-28-17-11-10-15(13-18(17)27-4-2)14-19-21(26)24(22(29)30-19)23-20(25)16-8-6-5-7-9-16/h3,5-11,13-14H,1,4,12H2,2H3,(H,23,25)/b19-14-. The maximum Gasteiger partial charge on any atom is 0.285 e. The van der Waals surface area contributed by atoms with Crippen molar-refractivity contribution in [1.82, 2.24) is 10.4 Å². The van der Waals surface area contributed by atoms with Gasteiger partial charge in [0.05, 0.1) is 11.5 Å². The average Bonchev–Trinajstić information content (AvgIpc) is 3.01. The Morgan fingerprint density at radius 1 is 1.20 bits per heavy atom. The van der Waals surface area contributed by atoms with E-state index in [9.17, 15) is 9.59 Å². The van der Waals surface area contributed by atoms with Crippen LogP contribution in [0.3, 0.4) is 0 Å². The van der Waals surface area contributed by atoms with E-state index in [1.807, 2.05) is 19.1 Å². The molecule has 1 fully saturated rings. The Morgan fingerprint density at radius 3 is 2.67 bits per heavy atom. The van der Waals surface area contributed by atoms with Crippen molar-refractivity contribution in [2.75, 3.05) is 13.2 Å². The molecule has 0 atom stereocenters. The summed E-state index contributed by atoms with van der Waals surface area (Å²) in [6.07, 6.45) is 3.35. The van der Waals surface area contributed by atoms with E-state index in [4.69, 9.17) is 21.7 Å². The van der Waals surface area contributed by atoms with Crippen LogP contribution in [0.5, 0.6) is 11.5 Å². The zero-order chi connectivity index (χ0) is 21.5. The van der Waals surface area contributed by atoms with E-state index < -0.39 is 5.91 Å². The molecule has 1 N–H and O–H groups in total. The summed E-state index contributed by atoms with van der Waals surface area (Å²) in [5.74, 6) is 0.368. The number of amides is 2. The fourth-order valence-electron chi connectivity index (χ4n) is 2.62. The summed E-state index contributed by atoms with van der Waals surface area (Å²) in [4.78, 5) is 25.5. The van der Waals surface area contributed by atoms with Crippen LogP contribution in [-0.2, 0) is 4.79 Å². The largest absolute Gasteiger partial charge is 0.490 e. The summed E-state index contributed by atoms with van der Waals surface area (Å²) >= 11 is 6.39. The van der Waals surface area contributed by atoms with E-state index in [2.05, 4.69) is 12.0 Å². The molecule has 30 heavy (non-hydrogen) atoms. The molecule has 1 aliphatic heterocycles. The van der Waals surface area contributed by atoms with Crippen molar-refractivity contribution in [2.45, 2.75) is 6.92 Å². The number of rotatable bonds is 8. The van der Waals surface area contributed by atoms with Gasteiger partial charge in [0.25, 0.3) is 11.8 Å². The number of benzene rings is 2. The number of nitrogens with one attached hydrogen (secondary N) is 1. The van der Waals surface area contributed by atoms with Gasteiger partial charge in [-0.05, 0) is 55.0 Å². The highest BCUT2D eigenvalue weighted by atomic mass is 32.2. The Labute approximate surface area is 184 Å². The minimum Gasteiger partial charge on any atom is -0.490 e. The molecule has 0 bridgehead atoms. The van der Waals surface area contributed by atoms with Crippen LogP contribution in [0.15, 0.2) is 66.1 Å². The average molecular weight is 441 g/mol. The second-order valence-corrected chi connectivity index (χ2v) is 7.74. The Kier molecular flexibility index (Phi) is 7.26. The first-order valence-corrected chi connectivity index (χ1v) is 10.4. The SMILES string of the molecule is C=CCOc1ccc(/C=C2\SC(=S)N(NC(=O)c3ccccc3)C2=O)cc1OCC. The third kappa shape index (κ3) is 5.08. The summed E-state index contributed by atoms with van der Waals surface area (Å²) in [6, 6.07) is 14.0. The number of thiocarbonyl (C=S) groups is 1. The van der Waals surface area contributed by atoms with Crippen molar-refractivity contribution in [3.05, 3.63) is 77.2 Å². The Hall–Kier alpha value is -3.10. The lowest BCUT2D eigenvalue weighted by molar-refractivity contribution is -0.123. The van der Waals surface area contributed by atoms with Crippen LogP contribution in [0.25, 0.3) is 6.08 Å². The maximum absolute atomic E-state index is 12.8. The molecule has 2 aromatic carbocycles. The topological polar surface area (TPSA) is 67.9 Å². The predicted octanol–water partition coefficient (Wildman–Crippen LogP) is 4.20. The molecule has 0 saturated carbocycles. The number of hydrogen-bond acceptors (Lipinski definition) is 6. The third-order valence-corrected chi connectivity index (χ3v) is 5.27. The van der Waals surface area contributed by atoms with E-state index in [0.29, 0.717) is 35.2 Å². The molecule has 0 aromatic heterocycles. The normalized spacial score (nSPS) is 14.7. The quantitative estimate of drug-likeness (QED) is 0.377. The summed E-state index contributed by atoms with van der Waals surface area (Å²) in [6.45, 7) is 6.35. The highest BCUT2D eigenvalue weighted by Crippen LogP contribution is 2.34. The molecule has 2 aromatic rings. The zero-order valence-corrected chi connectivity index (χ0v) is 17.9. The molecule has 3 rings (SSSR count). The summed E-state index contributed by atoms with van der Waals surface area (Å²) in [7, 11) is 0. The van der Waals surface area contributed by atoms with Crippen molar-refractivity contribution in [3.63, 3.8) is 0 Å². The van der Waals surface area contributed by atoms with Gasteiger partial charge in [-0.15, -0.1) is 0 Å². The second kappa shape index (κ2) is 10.1. The van der Waals surface area contributed by atoms with Gasteiger partial charge in [0.1, 0.15) is 6.61 Å². The van der Waals surface area contributed by atoms with Gasteiger partial charge in [-0.25, -0.2) is 0 Å². The minimum atomic E-state index is -0.407. The van der Waals surface area contributed by atoms with E-state index in [1.54, 1.807) is 48.6 Å². The zero-order valence-electron chi connectivity index (χ0n) is 16.3. The molecule has 154 valence electrons. The van der Waals surface area contributed by atoms with Crippen molar-refractivity contribution < 1.29 is 19.1 Å². The second-order valence-electron chi connectivity index (χ2n) is 6.06. The number of ether oxygens (including phenoxy) is 2. The Balaban J connectivity index is 1.78. The van der Waals surface area contributed by atoms with Gasteiger partial charge in [0, 0.05) is 5.56 Å². The van der Waals surface area contributed by atoms with Gasteiger partial charge in [0.15, 0.2) is 15.8 Å². The highest BCUT2D eigenvalue weighted by Gasteiger charge is 2.33. The fourth-order valence-corrected chi connectivity index (χ4v) is 3.80. The number of thioether (sulfide) groups is 1. The first-order chi connectivity index (χ1) is 14.5. The van der Waals surface area contributed by atoms with Crippen LogP contribution in [-0.4, -0.2) is 34.4 Å². The Bertz CT molecular complexity index is 1010. The molecule has 0 unspecified atom stereocenters. The van der Waals surface area contributed by atoms with E-state index in [1.165, 1.54) is 0 Å². The van der Waals surface area contributed by atoms with Crippen molar-refractivity contribution >= 4 is 46.2 Å². The Morgan fingerprint density at radius 2 is 1.97 bits per heavy atom. The number of carbonyl (C=O) groups excluding carboxylic acids is 2. The van der Waals surface area contributed by atoms with E-state index >= 15 is 0 Å². The predicted molar refractivity (Wildman–Crippen MR) is 122 cm³/mol. The van der Waals surface area contributed by atoms with E-state index in [-0.39, 0.29) is 10.2 Å². The first kappa shape index (κ1) is 21.6. The third-order valence-electron chi connectivity index (χ3n) is 3.97. The van der Waals surface area contributed by atoms with Crippen LogP contribution >= 0.6 is 24.0 Å². The molecular weight excluding hydrogens is 420 g/mol. The van der Waals surface area contributed by atoms with Gasteiger partial charge in [-0.2, -0.15) is 5.01 Å². The molecule has 6 nitrogen and oxygen atoms in total. The van der Waals surface area contributed by atoms with Gasteiger partial charge >= 0.3 is 0 Å². The highest BCUT2D eigenvalue weighted by molar-refractivity contribution is 8.26. The molecule has 0 spiro atoms. The lowest BCUT2D eigenvalue weighted by Gasteiger charge is -2.15. The van der Waals surface area contributed by atoms with Crippen LogP contribution in [0.2, 0.25) is 0 Å². The van der Waals surface area contributed by atoms with Crippen LogP contribution in [0.4, 0.5) is 0 Å². The number of hydrazine groups is 1. The van der Waals surface area contributed by atoms with Gasteiger partial charge < -0.3 is 9.47 Å². The van der Waals surface area contributed by atoms with Crippen molar-refractivity contribution in [3.8, 4) is 11.5 Å². The molecule has 1 saturated heterocycles. The van der Waals surface area contributed by atoms with Crippen molar-refractivity contribution in [2.24, 2.45) is 0 Å². The lowest BCUT2D eigenvalue weighted by Crippen LogP contribution is -2.44. The van der Waals surface area contributed by atoms with Crippen molar-refractivity contribution in [1.29, 1.82) is 0 Å². The summed E-state index contributed by atoms with van der Waals surface area (Å²) in [5, 5.41) is 1.09. The van der Waals surface area contributed by atoms with Crippen LogP contribution in [0, 0.1) is 0 Å². The molecule has 1 aliphatic rings. The molecule has 0 radical (unpaired) electrons. The summed E-state index contributed by atoms with van der Waals surface area (Å²) < 4.78 is 11.5. The van der Waals surface area contributed by atoms with Gasteiger partial charge in [-0.1, -0.05) is 48.7 Å². The summed E-state index contributed by atoms with van der Waals surface area (Å²) in [5.41, 5.74) is 3.75. The number of hydrogen-bond donors (Lipinski definition) is 1. The first-order valence-electron chi connectivity index (χ1n) is 9.18. The number of carbonyl (C=O) groups is 2. The van der Waals surface area contributed by atoms with Crippen LogP contribution in [0.1, 0.15) is 22.8 Å². The van der Waals surface area contributed by atoms with Crippen LogP contribution < -0.4 is 14.9 Å². The minimum absolute atomic E-state index is 0.256. The molecule has 8 heteroatoms. The molecule has 0 aliphatic carbocycles. The lowest BCUT2D eigenvalue weighted by atomic mass is 10.2.